The first kappa shape index (κ1) is 18.7. The molecule has 20 heavy (non-hydrogen) atoms. The lowest BCUT2D eigenvalue weighted by Gasteiger charge is -2.06. The maximum absolute atomic E-state index is 11.3. The summed E-state index contributed by atoms with van der Waals surface area (Å²) in [4.78, 5) is 30.6. The van der Waals surface area contributed by atoms with Crippen LogP contribution >= 0.6 is 8.25 Å². The lowest BCUT2D eigenvalue weighted by molar-refractivity contribution is -0.150. The van der Waals surface area contributed by atoms with Gasteiger partial charge in [0.1, 0.15) is 19.8 Å². The van der Waals surface area contributed by atoms with Gasteiger partial charge in [0.25, 0.3) is 0 Å². The van der Waals surface area contributed by atoms with Crippen molar-refractivity contribution >= 4 is 20.2 Å². The molecule has 0 heterocycles. The van der Waals surface area contributed by atoms with Crippen molar-refractivity contribution in [3.63, 3.8) is 0 Å². The van der Waals surface area contributed by atoms with Crippen LogP contribution < -0.4 is 0 Å². The Balaban J connectivity index is 3.39. The molecule has 0 amide bonds. The van der Waals surface area contributed by atoms with Crippen LogP contribution in [0.1, 0.15) is 32.6 Å². The van der Waals surface area contributed by atoms with E-state index in [0.29, 0.717) is 24.8 Å². The molecule has 8 heteroatoms. The molecule has 0 fully saturated rings. The second-order valence-corrected chi connectivity index (χ2v) is 4.75. The van der Waals surface area contributed by atoms with E-state index in [1.165, 1.54) is 6.92 Å². The molecule has 0 saturated heterocycles. The molecule has 0 radical (unpaired) electrons. The average molecular weight is 307 g/mol. The third-order valence-corrected chi connectivity index (χ3v) is 2.56. The number of unbranched alkanes of at least 4 members (excludes halogenated alkanes) is 2. The minimum atomic E-state index is -2.54. The molecule has 1 N–H and O–H groups in total. The van der Waals surface area contributed by atoms with E-state index in [1.54, 1.807) is 0 Å². The highest BCUT2D eigenvalue weighted by Crippen LogP contribution is 2.15. The second-order valence-electron chi connectivity index (χ2n) is 4.02. The van der Waals surface area contributed by atoms with Gasteiger partial charge in [0.2, 0.25) is 0 Å². The van der Waals surface area contributed by atoms with Crippen molar-refractivity contribution < 1.29 is 33.0 Å². The van der Waals surface area contributed by atoms with Crippen LogP contribution in [0.3, 0.4) is 0 Å². The zero-order chi connectivity index (χ0) is 15.4. The van der Waals surface area contributed by atoms with Gasteiger partial charge in [0, 0.05) is 16.6 Å². The van der Waals surface area contributed by atoms with Crippen LogP contribution in [0.4, 0.5) is 0 Å². The molecule has 0 rings (SSSR count). The summed E-state index contributed by atoms with van der Waals surface area (Å²) >= 11 is 0. The molecule has 114 valence electrons. The van der Waals surface area contributed by atoms with E-state index in [9.17, 15) is 14.2 Å². The molecule has 0 saturated carbocycles. The number of ether oxygens (including phenoxy) is 2. The molecule has 0 aliphatic heterocycles. The van der Waals surface area contributed by atoms with Crippen LogP contribution in [-0.2, 0) is 28.2 Å². The van der Waals surface area contributed by atoms with Crippen molar-refractivity contribution in [1.29, 1.82) is 0 Å². The molecule has 0 aromatic carbocycles. The zero-order valence-corrected chi connectivity index (χ0v) is 12.4. The minimum absolute atomic E-state index is 0.00875. The average Bonchev–Trinajstić information content (AvgIpc) is 2.37. The fourth-order valence-corrected chi connectivity index (χ4v) is 1.46. The van der Waals surface area contributed by atoms with E-state index in [1.807, 2.05) is 0 Å². The molecule has 1 unspecified atom stereocenters. The summed E-state index contributed by atoms with van der Waals surface area (Å²) in [5.74, 6) is -0.881. The normalized spacial score (nSPS) is 10.8. The fraction of sp³-hybridized carbons (Fsp3) is 0.667. The van der Waals surface area contributed by atoms with Gasteiger partial charge in [-0.2, -0.15) is 0 Å². The molecule has 0 spiro atoms. The van der Waals surface area contributed by atoms with E-state index in [0.717, 1.165) is 0 Å². The summed E-state index contributed by atoms with van der Waals surface area (Å²) in [6.07, 6.45) is 2.16. The van der Waals surface area contributed by atoms with Crippen molar-refractivity contribution in [2.45, 2.75) is 32.6 Å². The highest BCUT2D eigenvalue weighted by atomic mass is 31.1. The lowest BCUT2D eigenvalue weighted by Crippen LogP contribution is -2.14. The fourth-order valence-electron chi connectivity index (χ4n) is 1.18. The Morgan fingerprint density at radius 3 is 2.35 bits per heavy atom. The second kappa shape index (κ2) is 11.5. The van der Waals surface area contributed by atoms with E-state index < -0.39 is 14.2 Å². The number of rotatable bonds is 11. The van der Waals surface area contributed by atoms with Crippen molar-refractivity contribution in [3.8, 4) is 0 Å². The van der Waals surface area contributed by atoms with Gasteiger partial charge in [0.15, 0.2) is 0 Å². The Labute approximate surface area is 118 Å². The summed E-state index contributed by atoms with van der Waals surface area (Å²) in [7, 11) is -2.54. The Morgan fingerprint density at radius 1 is 1.10 bits per heavy atom. The van der Waals surface area contributed by atoms with Crippen LogP contribution in [0.5, 0.6) is 0 Å². The first-order chi connectivity index (χ1) is 9.43. The van der Waals surface area contributed by atoms with Crippen LogP contribution in [0.25, 0.3) is 0 Å². The predicted molar refractivity (Wildman–Crippen MR) is 71.0 cm³/mol. The third-order valence-electron chi connectivity index (χ3n) is 2.15. The van der Waals surface area contributed by atoms with Gasteiger partial charge in [-0.1, -0.05) is 13.0 Å². The minimum Gasteiger partial charge on any atom is -0.462 e. The summed E-state index contributed by atoms with van der Waals surface area (Å²) in [6, 6.07) is 0. The standard InChI is InChI=1S/C12H19O7P/c1-10(2)12(14)18-9-8-17-11(13)6-4-3-5-7-19-20(15)16/h1,3-9H2,2H3/p+1. The Bertz CT molecular complexity index is 354. The Kier molecular flexibility index (Phi) is 10.8. The molecule has 0 aliphatic rings. The number of esters is 2. The van der Waals surface area contributed by atoms with Gasteiger partial charge in [-0.25, -0.2) is 4.79 Å². The van der Waals surface area contributed by atoms with Gasteiger partial charge in [-0.05, 0) is 19.8 Å². The molecular formula is C12H20O7P+. The third kappa shape index (κ3) is 11.8. The monoisotopic (exact) mass is 307 g/mol. The highest BCUT2D eigenvalue weighted by Gasteiger charge is 2.10. The van der Waals surface area contributed by atoms with E-state index in [2.05, 4.69) is 11.1 Å². The molecule has 7 nitrogen and oxygen atoms in total. The molecule has 0 aromatic heterocycles. The van der Waals surface area contributed by atoms with Crippen molar-refractivity contribution in [3.05, 3.63) is 12.2 Å². The number of hydrogen-bond acceptors (Lipinski definition) is 6. The van der Waals surface area contributed by atoms with Crippen molar-refractivity contribution in [2.75, 3.05) is 19.8 Å². The van der Waals surface area contributed by atoms with Crippen molar-refractivity contribution in [2.24, 2.45) is 0 Å². The van der Waals surface area contributed by atoms with Crippen LogP contribution in [-0.4, -0.2) is 36.7 Å². The van der Waals surface area contributed by atoms with Gasteiger partial charge in [0.05, 0.1) is 0 Å². The summed E-state index contributed by atoms with van der Waals surface area (Å²) < 4.78 is 24.3. The quantitative estimate of drug-likeness (QED) is 0.269. The van der Waals surface area contributed by atoms with E-state index in [-0.39, 0.29) is 32.2 Å². The maximum atomic E-state index is 11.3. The van der Waals surface area contributed by atoms with Gasteiger partial charge < -0.3 is 9.47 Å². The smallest absolute Gasteiger partial charge is 0.462 e. The van der Waals surface area contributed by atoms with E-state index >= 15 is 0 Å². The summed E-state index contributed by atoms with van der Waals surface area (Å²) in [5, 5.41) is 0. The first-order valence-corrected chi connectivity index (χ1v) is 7.34. The molecule has 1 atom stereocenters. The molecular weight excluding hydrogens is 287 g/mol. The van der Waals surface area contributed by atoms with Gasteiger partial charge >= 0.3 is 20.2 Å². The van der Waals surface area contributed by atoms with Crippen LogP contribution in [0.2, 0.25) is 0 Å². The summed E-state index contributed by atoms with van der Waals surface area (Å²) in [6.45, 7) is 5.17. The number of carbonyl (C=O) groups is 2. The maximum Gasteiger partial charge on any atom is 0.694 e. The van der Waals surface area contributed by atoms with Crippen LogP contribution in [0.15, 0.2) is 12.2 Å². The van der Waals surface area contributed by atoms with Gasteiger partial charge in [-0.3, -0.25) is 4.79 Å². The van der Waals surface area contributed by atoms with Crippen LogP contribution in [0, 0.1) is 0 Å². The topological polar surface area (TPSA) is 99.1 Å². The summed E-state index contributed by atoms with van der Waals surface area (Å²) in [5.41, 5.74) is 0.295. The number of hydrogen-bond donors (Lipinski definition) is 1. The number of carbonyl (C=O) groups excluding carboxylic acids is 2. The SMILES string of the molecule is C=C(C)C(=O)OCCOC(=O)CCCCCO[P+](=O)O. The highest BCUT2D eigenvalue weighted by molar-refractivity contribution is 7.32. The molecule has 0 aromatic rings. The van der Waals surface area contributed by atoms with Gasteiger partial charge in [-0.15, -0.1) is 9.42 Å². The van der Waals surface area contributed by atoms with Crippen molar-refractivity contribution in [1.82, 2.24) is 0 Å². The largest absolute Gasteiger partial charge is 0.694 e. The Morgan fingerprint density at radius 2 is 1.75 bits per heavy atom. The predicted octanol–water partition coefficient (Wildman–Crippen LogP) is 1.88. The lowest BCUT2D eigenvalue weighted by atomic mass is 10.2. The molecule has 0 aliphatic carbocycles. The van der Waals surface area contributed by atoms with E-state index in [4.69, 9.17) is 14.4 Å². The Hall–Kier alpha value is -1.30. The molecule has 0 bridgehead atoms. The first-order valence-electron chi connectivity index (χ1n) is 6.20. The zero-order valence-electron chi connectivity index (χ0n) is 11.5.